The van der Waals surface area contributed by atoms with Crippen molar-refractivity contribution in [1.82, 2.24) is 4.90 Å². The number of hydrogen-bond acceptors (Lipinski definition) is 1. The van der Waals surface area contributed by atoms with Crippen LogP contribution in [0.15, 0.2) is 37.1 Å². The van der Waals surface area contributed by atoms with E-state index in [4.69, 9.17) is 0 Å². The Balaban J connectivity index is 0.000000810. The van der Waals surface area contributed by atoms with E-state index < -0.39 is 0 Å². The Bertz CT molecular complexity index is 161. The first-order valence-corrected chi connectivity index (χ1v) is 3.04. The van der Waals surface area contributed by atoms with E-state index in [1.807, 2.05) is 31.5 Å². The van der Waals surface area contributed by atoms with Crippen LogP contribution in [0.3, 0.4) is 0 Å². The zero-order valence-electron chi connectivity index (χ0n) is 6.03. The number of nitrogens with zero attached hydrogens (tertiary/aromatic N) is 1. The lowest BCUT2D eigenvalue weighted by Crippen LogP contribution is -2.23. The van der Waals surface area contributed by atoms with Gasteiger partial charge in [-0.2, -0.15) is 0 Å². The SMILES string of the molecule is Br.C=CC1C=CC=CN1C. The molecule has 0 aliphatic carbocycles. The van der Waals surface area contributed by atoms with E-state index in [9.17, 15) is 0 Å². The van der Waals surface area contributed by atoms with Crippen molar-refractivity contribution >= 4 is 17.0 Å². The molecule has 0 spiro atoms. The Hall–Kier alpha value is -0.500. The summed E-state index contributed by atoms with van der Waals surface area (Å²) in [5, 5.41) is 0. The molecule has 1 rings (SSSR count). The number of halogens is 1. The van der Waals surface area contributed by atoms with E-state index in [0.717, 1.165) is 0 Å². The van der Waals surface area contributed by atoms with Gasteiger partial charge in [-0.15, -0.1) is 23.6 Å². The Labute approximate surface area is 72.5 Å². The number of allylic oxidation sites excluding steroid dienone is 2. The normalized spacial score (nSPS) is 22.1. The topological polar surface area (TPSA) is 3.24 Å². The third-order valence-electron chi connectivity index (χ3n) is 1.45. The summed E-state index contributed by atoms with van der Waals surface area (Å²) in [6.45, 7) is 3.71. The van der Waals surface area contributed by atoms with Gasteiger partial charge in [0.2, 0.25) is 0 Å². The van der Waals surface area contributed by atoms with Gasteiger partial charge >= 0.3 is 0 Å². The average Bonchev–Trinajstić information content (AvgIpc) is 1.89. The van der Waals surface area contributed by atoms with Crippen LogP contribution in [-0.2, 0) is 0 Å². The molecule has 0 N–H and O–H groups in total. The second-order valence-corrected chi connectivity index (χ2v) is 2.12. The van der Waals surface area contributed by atoms with Crippen molar-refractivity contribution in [2.24, 2.45) is 0 Å². The minimum Gasteiger partial charge on any atom is -0.371 e. The van der Waals surface area contributed by atoms with E-state index in [-0.39, 0.29) is 17.0 Å². The van der Waals surface area contributed by atoms with Crippen molar-refractivity contribution in [3.8, 4) is 0 Å². The molecule has 0 aromatic heterocycles. The maximum Gasteiger partial charge on any atom is 0.0648 e. The molecule has 10 heavy (non-hydrogen) atoms. The highest BCUT2D eigenvalue weighted by atomic mass is 79.9. The fourth-order valence-electron chi connectivity index (χ4n) is 0.843. The monoisotopic (exact) mass is 201 g/mol. The molecule has 0 fully saturated rings. The van der Waals surface area contributed by atoms with Crippen molar-refractivity contribution in [1.29, 1.82) is 0 Å². The highest BCUT2D eigenvalue weighted by Crippen LogP contribution is 2.04. The van der Waals surface area contributed by atoms with Crippen LogP contribution in [-0.4, -0.2) is 18.0 Å². The van der Waals surface area contributed by atoms with Crippen molar-refractivity contribution < 1.29 is 0 Å². The quantitative estimate of drug-likeness (QED) is 0.589. The van der Waals surface area contributed by atoms with Gasteiger partial charge in [0, 0.05) is 7.05 Å². The fraction of sp³-hybridized carbons (Fsp3) is 0.250. The molecule has 0 amide bonds. The van der Waals surface area contributed by atoms with Gasteiger partial charge in [-0.1, -0.05) is 18.2 Å². The van der Waals surface area contributed by atoms with Crippen LogP contribution < -0.4 is 0 Å². The second-order valence-electron chi connectivity index (χ2n) is 2.12. The van der Waals surface area contributed by atoms with Crippen LogP contribution in [0.25, 0.3) is 0 Å². The lowest BCUT2D eigenvalue weighted by atomic mass is 10.2. The standard InChI is InChI=1S/C8H11N.BrH/c1-3-8-6-4-5-7-9(8)2;/h3-8H,1H2,2H3;1H. The second kappa shape index (κ2) is 4.34. The van der Waals surface area contributed by atoms with Crippen molar-refractivity contribution in [3.63, 3.8) is 0 Å². The minimum absolute atomic E-state index is 0. The van der Waals surface area contributed by atoms with Crippen LogP contribution in [0.2, 0.25) is 0 Å². The summed E-state index contributed by atoms with van der Waals surface area (Å²) in [6, 6.07) is 0.384. The average molecular weight is 202 g/mol. The predicted octanol–water partition coefficient (Wildman–Crippen LogP) is 2.13. The van der Waals surface area contributed by atoms with Crippen LogP contribution >= 0.6 is 17.0 Å². The lowest BCUT2D eigenvalue weighted by molar-refractivity contribution is 0.434. The first-order chi connectivity index (χ1) is 4.34. The van der Waals surface area contributed by atoms with Gasteiger partial charge in [-0.25, -0.2) is 0 Å². The van der Waals surface area contributed by atoms with Gasteiger partial charge in [-0.05, 0) is 12.3 Å². The van der Waals surface area contributed by atoms with E-state index in [0.29, 0.717) is 6.04 Å². The molecular weight excluding hydrogens is 190 g/mol. The largest absolute Gasteiger partial charge is 0.371 e. The molecule has 56 valence electrons. The Morgan fingerprint density at radius 3 is 2.60 bits per heavy atom. The number of rotatable bonds is 1. The van der Waals surface area contributed by atoms with Crippen molar-refractivity contribution in [2.75, 3.05) is 7.05 Å². The predicted molar refractivity (Wildman–Crippen MR) is 50.4 cm³/mol. The van der Waals surface area contributed by atoms with Gasteiger partial charge < -0.3 is 4.90 Å². The van der Waals surface area contributed by atoms with Gasteiger partial charge in [0.15, 0.2) is 0 Å². The van der Waals surface area contributed by atoms with E-state index in [1.54, 1.807) is 0 Å². The summed E-state index contributed by atoms with van der Waals surface area (Å²) in [7, 11) is 2.03. The summed E-state index contributed by atoms with van der Waals surface area (Å²) in [6.07, 6.45) is 10.1. The third-order valence-corrected chi connectivity index (χ3v) is 1.45. The zero-order valence-corrected chi connectivity index (χ0v) is 7.74. The molecule has 1 aliphatic heterocycles. The summed E-state index contributed by atoms with van der Waals surface area (Å²) in [4.78, 5) is 2.10. The number of hydrogen-bond donors (Lipinski definition) is 0. The molecule has 1 aliphatic rings. The van der Waals surface area contributed by atoms with Crippen LogP contribution in [0.1, 0.15) is 0 Å². The molecule has 0 bridgehead atoms. The van der Waals surface area contributed by atoms with Gasteiger partial charge in [0.05, 0.1) is 6.04 Å². The molecule has 0 aromatic rings. The van der Waals surface area contributed by atoms with E-state index >= 15 is 0 Å². The van der Waals surface area contributed by atoms with Crippen molar-refractivity contribution in [2.45, 2.75) is 6.04 Å². The molecule has 0 saturated heterocycles. The Morgan fingerprint density at radius 1 is 1.50 bits per heavy atom. The summed E-state index contributed by atoms with van der Waals surface area (Å²) >= 11 is 0. The molecule has 0 saturated carbocycles. The summed E-state index contributed by atoms with van der Waals surface area (Å²) < 4.78 is 0. The summed E-state index contributed by atoms with van der Waals surface area (Å²) in [5.41, 5.74) is 0. The van der Waals surface area contributed by atoms with Gasteiger partial charge in [0.25, 0.3) is 0 Å². The van der Waals surface area contributed by atoms with Crippen molar-refractivity contribution in [3.05, 3.63) is 37.1 Å². The molecule has 1 unspecified atom stereocenters. The smallest absolute Gasteiger partial charge is 0.0648 e. The molecule has 2 heteroatoms. The molecule has 1 atom stereocenters. The van der Waals surface area contributed by atoms with E-state index in [2.05, 4.69) is 17.6 Å². The first kappa shape index (κ1) is 9.50. The number of likely N-dealkylation sites (N-methyl/N-ethyl adjacent to an activating group) is 1. The van der Waals surface area contributed by atoms with Crippen LogP contribution in [0.4, 0.5) is 0 Å². The molecule has 0 aromatic carbocycles. The maximum atomic E-state index is 3.71. The third kappa shape index (κ3) is 2.03. The van der Waals surface area contributed by atoms with E-state index in [1.165, 1.54) is 0 Å². The molecule has 1 nitrogen and oxygen atoms in total. The fourth-order valence-corrected chi connectivity index (χ4v) is 0.843. The van der Waals surface area contributed by atoms with Gasteiger partial charge in [0.1, 0.15) is 0 Å². The first-order valence-electron chi connectivity index (χ1n) is 3.04. The lowest BCUT2D eigenvalue weighted by Gasteiger charge is -2.22. The summed E-state index contributed by atoms with van der Waals surface area (Å²) in [5.74, 6) is 0. The maximum absolute atomic E-state index is 3.71. The Morgan fingerprint density at radius 2 is 2.20 bits per heavy atom. The van der Waals surface area contributed by atoms with Crippen LogP contribution in [0, 0.1) is 0 Å². The molecule has 0 radical (unpaired) electrons. The molecule has 1 heterocycles. The van der Waals surface area contributed by atoms with Gasteiger partial charge in [-0.3, -0.25) is 0 Å². The highest BCUT2D eigenvalue weighted by molar-refractivity contribution is 8.93. The highest BCUT2D eigenvalue weighted by Gasteiger charge is 2.03. The zero-order chi connectivity index (χ0) is 6.69. The van der Waals surface area contributed by atoms with Crippen LogP contribution in [0.5, 0.6) is 0 Å². The molecular formula is C8H12BrN. The minimum atomic E-state index is 0. The Kier molecular flexibility index (Phi) is 4.12.